The van der Waals surface area contributed by atoms with Gasteiger partial charge >= 0.3 is 18.2 Å². The van der Waals surface area contributed by atoms with Crippen molar-refractivity contribution in [3.63, 3.8) is 0 Å². The quantitative estimate of drug-likeness (QED) is 0.0742. The van der Waals surface area contributed by atoms with Crippen LogP contribution in [0.25, 0.3) is 0 Å². The van der Waals surface area contributed by atoms with E-state index in [1.54, 1.807) is 57.2 Å². The van der Waals surface area contributed by atoms with Gasteiger partial charge in [0.15, 0.2) is 0 Å². The summed E-state index contributed by atoms with van der Waals surface area (Å²) in [5, 5.41) is 18.7. The fraction of sp³-hybridized carbons (Fsp3) is 0.500. The highest BCUT2D eigenvalue weighted by Crippen LogP contribution is 2.16. The number of sulfonamides is 1. The lowest BCUT2D eigenvalue weighted by molar-refractivity contribution is -0.139. The predicted octanol–water partition coefficient (Wildman–Crippen LogP) is 4.05. The molecule has 0 aliphatic carbocycles. The number of alkyl carbamates (subject to hydrolysis) is 2. The van der Waals surface area contributed by atoms with E-state index in [-0.39, 0.29) is 37.0 Å². The Kier molecular flexibility index (Phi) is 16.4. The number of ether oxygens (including phenoxy) is 2. The maximum atomic E-state index is 12.5. The van der Waals surface area contributed by atoms with Crippen LogP contribution in [0.15, 0.2) is 58.4 Å². The number of carbonyl (C=O) groups is 3. The normalized spacial score (nSPS) is 13.2. The number of nitrogens with one attached hydrogen (secondary N) is 4. The number of rotatable bonds is 18. The van der Waals surface area contributed by atoms with Crippen LogP contribution in [-0.2, 0) is 30.9 Å². The summed E-state index contributed by atoms with van der Waals surface area (Å²) in [6, 6.07) is 11.8. The lowest BCUT2D eigenvalue weighted by Crippen LogP contribution is -2.48. The molecular formula is C32H47ClN6O8S. The zero-order valence-electron chi connectivity index (χ0n) is 27.8. The Morgan fingerprint density at radius 3 is 2.33 bits per heavy atom. The number of nitrogens with two attached hydrogens (primary N) is 1. The standard InChI is InChI=1S/C32H47ClN6O8S/c1-22-14-16-25(17-15-22)48(44,45)39-29(34)35-19-9-13-27(28(40)41)37-20-24(38-31(43)47-32(2,3)4)11-7-8-18-36-30(42)46-21-23-10-5-6-12-26(23)33/h5-6,10,12,14-17,24,27,37H,7-9,11,13,18-21H2,1-4H3,(H,36,42)(H,38,43)(H,40,41)(H3,34,35,39)/t24-,27-/m0/s1. The third-order valence-electron chi connectivity index (χ3n) is 6.70. The third kappa shape index (κ3) is 16.2. The van der Waals surface area contributed by atoms with E-state index in [9.17, 15) is 27.9 Å². The maximum Gasteiger partial charge on any atom is 0.407 e. The van der Waals surface area contributed by atoms with Crippen LogP contribution in [0.1, 0.15) is 64.0 Å². The van der Waals surface area contributed by atoms with Crippen molar-refractivity contribution in [3.8, 4) is 0 Å². The molecular weight excluding hydrogens is 664 g/mol. The second-order valence-electron chi connectivity index (χ2n) is 12.1. The van der Waals surface area contributed by atoms with Crippen LogP contribution in [-0.4, -0.2) is 75.0 Å². The van der Waals surface area contributed by atoms with Crippen LogP contribution in [0.5, 0.6) is 0 Å². The molecule has 2 aromatic rings. The van der Waals surface area contributed by atoms with Gasteiger partial charge in [0.25, 0.3) is 10.0 Å². The van der Waals surface area contributed by atoms with Crippen molar-refractivity contribution in [2.24, 2.45) is 10.7 Å². The Bertz CT molecular complexity index is 1480. The number of halogens is 1. The summed E-state index contributed by atoms with van der Waals surface area (Å²) >= 11 is 6.08. The molecule has 0 aromatic heterocycles. The lowest BCUT2D eigenvalue weighted by Gasteiger charge is -2.25. The molecule has 0 aliphatic rings. The first kappa shape index (κ1) is 40.1. The van der Waals surface area contributed by atoms with Gasteiger partial charge in [0.05, 0.1) is 4.90 Å². The van der Waals surface area contributed by atoms with E-state index in [0.29, 0.717) is 42.8 Å². The number of hydrogen-bond acceptors (Lipinski definition) is 9. The molecule has 0 spiro atoms. The number of guanidine groups is 1. The molecule has 2 atom stereocenters. The van der Waals surface area contributed by atoms with Crippen molar-refractivity contribution < 1.29 is 37.4 Å². The number of hydrogen-bond donors (Lipinski definition) is 6. The van der Waals surface area contributed by atoms with Gasteiger partial charge in [-0.05, 0) is 78.0 Å². The topological polar surface area (TPSA) is 211 Å². The molecule has 16 heteroatoms. The van der Waals surface area contributed by atoms with Gasteiger partial charge in [-0.1, -0.05) is 47.5 Å². The van der Waals surface area contributed by atoms with Gasteiger partial charge < -0.3 is 36.3 Å². The highest BCUT2D eigenvalue weighted by molar-refractivity contribution is 7.90. The number of aryl methyl sites for hydroxylation is 1. The van der Waals surface area contributed by atoms with Crippen molar-refractivity contribution in [3.05, 3.63) is 64.7 Å². The van der Waals surface area contributed by atoms with E-state index >= 15 is 0 Å². The van der Waals surface area contributed by atoms with Gasteiger partial charge in [0.1, 0.15) is 18.2 Å². The number of carboxylic acids is 1. The van der Waals surface area contributed by atoms with Crippen molar-refractivity contribution in [1.29, 1.82) is 0 Å². The van der Waals surface area contributed by atoms with E-state index in [0.717, 1.165) is 5.56 Å². The number of aliphatic carboxylic acids is 1. The molecule has 0 unspecified atom stereocenters. The minimum atomic E-state index is -3.90. The first-order chi connectivity index (χ1) is 22.6. The van der Waals surface area contributed by atoms with Gasteiger partial charge in [-0.2, -0.15) is 0 Å². The van der Waals surface area contributed by atoms with Crippen molar-refractivity contribution >= 4 is 45.7 Å². The number of carboxylic acid groups (broad SMARTS) is 1. The van der Waals surface area contributed by atoms with Crippen LogP contribution in [0.2, 0.25) is 5.02 Å². The molecule has 2 amide bonds. The molecule has 0 heterocycles. The molecule has 2 rings (SSSR count). The third-order valence-corrected chi connectivity index (χ3v) is 8.44. The van der Waals surface area contributed by atoms with Crippen LogP contribution < -0.4 is 26.4 Å². The van der Waals surface area contributed by atoms with Crippen LogP contribution in [0.4, 0.5) is 9.59 Å². The summed E-state index contributed by atoms with van der Waals surface area (Å²) in [5.74, 6) is -1.40. The van der Waals surface area contributed by atoms with Crippen molar-refractivity contribution in [2.45, 2.75) is 89.0 Å². The molecule has 48 heavy (non-hydrogen) atoms. The van der Waals surface area contributed by atoms with Gasteiger partial charge in [-0.25, -0.2) is 22.7 Å². The van der Waals surface area contributed by atoms with E-state index < -0.39 is 45.9 Å². The number of aliphatic imine (C=N–C) groups is 1. The Labute approximate surface area is 287 Å². The summed E-state index contributed by atoms with van der Waals surface area (Å²) in [4.78, 5) is 40.6. The second-order valence-corrected chi connectivity index (χ2v) is 14.1. The Morgan fingerprint density at radius 1 is 1.00 bits per heavy atom. The van der Waals surface area contributed by atoms with E-state index in [4.69, 9.17) is 26.8 Å². The zero-order valence-corrected chi connectivity index (χ0v) is 29.3. The van der Waals surface area contributed by atoms with Gasteiger partial charge in [-0.15, -0.1) is 0 Å². The highest BCUT2D eigenvalue weighted by atomic mass is 35.5. The fourth-order valence-corrected chi connectivity index (χ4v) is 5.40. The number of carbonyl (C=O) groups excluding carboxylic acids is 2. The maximum absolute atomic E-state index is 12.5. The molecule has 2 aromatic carbocycles. The van der Waals surface area contributed by atoms with Gasteiger partial charge in [0, 0.05) is 36.3 Å². The number of benzene rings is 2. The highest BCUT2D eigenvalue weighted by Gasteiger charge is 2.22. The molecule has 0 saturated carbocycles. The van der Waals surface area contributed by atoms with Crippen molar-refractivity contribution in [1.82, 2.24) is 20.7 Å². The lowest BCUT2D eigenvalue weighted by atomic mass is 10.1. The van der Waals surface area contributed by atoms with Crippen LogP contribution >= 0.6 is 11.6 Å². The first-order valence-corrected chi connectivity index (χ1v) is 17.4. The summed E-state index contributed by atoms with van der Waals surface area (Å²) < 4.78 is 37.8. The smallest absolute Gasteiger partial charge is 0.407 e. The zero-order chi connectivity index (χ0) is 35.7. The molecule has 0 aliphatic heterocycles. The molecule has 0 bridgehead atoms. The minimum Gasteiger partial charge on any atom is -0.480 e. The Morgan fingerprint density at radius 2 is 1.69 bits per heavy atom. The minimum absolute atomic E-state index is 0.0380. The van der Waals surface area contributed by atoms with E-state index in [1.165, 1.54) is 12.1 Å². The number of unbranched alkanes of at least 4 members (excludes halogenated alkanes) is 1. The monoisotopic (exact) mass is 710 g/mol. The fourth-order valence-electron chi connectivity index (χ4n) is 4.25. The number of amides is 2. The molecule has 0 radical (unpaired) electrons. The van der Waals surface area contributed by atoms with Gasteiger partial charge in [0.2, 0.25) is 5.96 Å². The number of nitrogens with zero attached hydrogens (tertiary/aromatic N) is 1. The molecule has 14 nitrogen and oxygen atoms in total. The SMILES string of the molecule is Cc1ccc(S(=O)(=O)NC(N)=NCCC[C@H](NC[C@H](CCCCNC(=O)OCc2ccccc2Cl)NC(=O)OC(C)(C)C)C(=O)O)cc1. The molecule has 0 fully saturated rings. The average molecular weight is 711 g/mol. The Balaban J connectivity index is 1.84. The summed E-state index contributed by atoms with van der Waals surface area (Å²) in [6.45, 7) is 7.63. The van der Waals surface area contributed by atoms with Crippen LogP contribution in [0.3, 0.4) is 0 Å². The predicted molar refractivity (Wildman–Crippen MR) is 183 cm³/mol. The summed E-state index contributed by atoms with van der Waals surface area (Å²) in [5.41, 5.74) is 6.63. The Hall–Kier alpha value is -4.08. The largest absolute Gasteiger partial charge is 0.480 e. The van der Waals surface area contributed by atoms with Gasteiger partial charge in [-0.3, -0.25) is 9.79 Å². The van der Waals surface area contributed by atoms with E-state index in [1.807, 2.05) is 6.92 Å². The average Bonchev–Trinajstić information content (AvgIpc) is 2.98. The summed E-state index contributed by atoms with van der Waals surface area (Å²) in [6.07, 6.45) is 0.867. The summed E-state index contributed by atoms with van der Waals surface area (Å²) in [7, 11) is -3.90. The van der Waals surface area contributed by atoms with Crippen molar-refractivity contribution in [2.75, 3.05) is 19.6 Å². The molecule has 266 valence electrons. The second kappa shape index (κ2) is 19.7. The molecule has 7 N–H and O–H groups in total. The van der Waals surface area contributed by atoms with Crippen LogP contribution in [0, 0.1) is 6.92 Å². The molecule has 0 saturated heterocycles. The van der Waals surface area contributed by atoms with E-state index in [2.05, 4.69) is 25.7 Å². The first-order valence-electron chi connectivity index (χ1n) is 15.5.